The Morgan fingerprint density at radius 3 is 2.46 bits per heavy atom. The van der Waals surface area contributed by atoms with Crippen molar-refractivity contribution < 1.29 is 28.6 Å². The number of halogens is 2. The summed E-state index contributed by atoms with van der Waals surface area (Å²) in [6.07, 6.45) is 1.33. The summed E-state index contributed by atoms with van der Waals surface area (Å²) in [5.74, 6) is -0.832. The van der Waals surface area contributed by atoms with Crippen LogP contribution in [-0.4, -0.2) is 44.8 Å². The fourth-order valence-electron chi connectivity index (χ4n) is 3.24. The second-order valence-electron chi connectivity index (χ2n) is 8.01. The standard InChI is InChI=1S/C27H26BrClN4O6/c1-16-21(29)5-4-6-22(16)32-24(34)15-39-25-20(28)11-18(12-23(25)38-3)14-31-33-27(36)26(35)30-13-17-7-9-19(37-2)10-8-17/h4-12,14H,13,15H2,1-3H3,(H,30,35)(H,32,34)(H,33,36)/b31-14-. The maximum absolute atomic E-state index is 12.4. The van der Waals surface area contributed by atoms with E-state index in [0.717, 1.165) is 11.1 Å². The lowest BCUT2D eigenvalue weighted by molar-refractivity contribution is -0.139. The summed E-state index contributed by atoms with van der Waals surface area (Å²) >= 11 is 9.50. The van der Waals surface area contributed by atoms with E-state index in [0.29, 0.717) is 38.0 Å². The maximum Gasteiger partial charge on any atom is 0.329 e. The third kappa shape index (κ3) is 8.45. The smallest absolute Gasteiger partial charge is 0.329 e. The fourth-order valence-corrected chi connectivity index (χ4v) is 3.99. The highest BCUT2D eigenvalue weighted by atomic mass is 79.9. The second kappa shape index (κ2) is 14.2. The summed E-state index contributed by atoms with van der Waals surface area (Å²) in [7, 11) is 3.00. The zero-order valence-electron chi connectivity index (χ0n) is 21.3. The van der Waals surface area contributed by atoms with Crippen LogP contribution in [0.25, 0.3) is 0 Å². The van der Waals surface area contributed by atoms with Crippen LogP contribution in [0, 0.1) is 6.92 Å². The quantitative estimate of drug-likeness (QED) is 0.178. The molecule has 3 N–H and O–H groups in total. The molecule has 3 aromatic rings. The van der Waals surface area contributed by atoms with Gasteiger partial charge in [-0.15, -0.1) is 0 Å². The molecular weight excluding hydrogens is 592 g/mol. The molecule has 3 rings (SSSR count). The molecule has 0 saturated heterocycles. The molecule has 0 radical (unpaired) electrons. The van der Waals surface area contributed by atoms with E-state index in [-0.39, 0.29) is 19.1 Å². The van der Waals surface area contributed by atoms with E-state index in [1.807, 2.05) is 0 Å². The first-order chi connectivity index (χ1) is 18.7. The van der Waals surface area contributed by atoms with Gasteiger partial charge in [-0.05, 0) is 75.9 Å². The first kappa shape index (κ1) is 29.5. The van der Waals surface area contributed by atoms with Crippen molar-refractivity contribution in [3.63, 3.8) is 0 Å². The van der Waals surface area contributed by atoms with Crippen LogP contribution in [0.2, 0.25) is 5.02 Å². The zero-order valence-corrected chi connectivity index (χ0v) is 23.7. The SMILES string of the molecule is COc1ccc(CNC(=O)C(=O)N/N=C\c2cc(Br)c(OCC(=O)Nc3cccc(Cl)c3C)c(OC)c2)cc1. The molecule has 3 amide bonds. The molecule has 0 aliphatic carbocycles. The molecule has 0 atom stereocenters. The van der Waals surface area contributed by atoms with Gasteiger partial charge in [0.25, 0.3) is 5.91 Å². The fraction of sp³-hybridized carbons (Fsp3) is 0.185. The van der Waals surface area contributed by atoms with Crippen LogP contribution in [0.3, 0.4) is 0 Å². The predicted octanol–water partition coefficient (Wildman–Crippen LogP) is 4.21. The zero-order chi connectivity index (χ0) is 28.4. The highest BCUT2D eigenvalue weighted by Gasteiger charge is 2.15. The minimum atomic E-state index is -0.924. The van der Waals surface area contributed by atoms with Crippen LogP contribution in [0.4, 0.5) is 5.69 Å². The molecule has 0 aliphatic rings. The summed E-state index contributed by atoms with van der Waals surface area (Å²) in [4.78, 5) is 36.5. The maximum atomic E-state index is 12.4. The van der Waals surface area contributed by atoms with Crippen molar-refractivity contribution in [3.05, 3.63) is 80.8 Å². The van der Waals surface area contributed by atoms with Crippen LogP contribution >= 0.6 is 27.5 Å². The number of nitrogens with one attached hydrogen (secondary N) is 3. The number of anilines is 1. The number of methoxy groups -OCH3 is 2. The lowest BCUT2D eigenvalue weighted by atomic mass is 10.2. The molecule has 204 valence electrons. The van der Waals surface area contributed by atoms with Gasteiger partial charge in [0.05, 0.1) is 24.9 Å². The average molecular weight is 618 g/mol. The number of carbonyl (C=O) groups excluding carboxylic acids is 3. The van der Waals surface area contributed by atoms with Crippen molar-refractivity contribution in [2.75, 3.05) is 26.1 Å². The number of hydrogen-bond donors (Lipinski definition) is 3. The Bertz CT molecular complexity index is 1380. The summed E-state index contributed by atoms with van der Waals surface area (Å²) < 4.78 is 16.6. The van der Waals surface area contributed by atoms with Gasteiger partial charge in [0.2, 0.25) is 0 Å². The van der Waals surface area contributed by atoms with Crippen molar-refractivity contribution in [2.45, 2.75) is 13.5 Å². The molecule has 0 fully saturated rings. The van der Waals surface area contributed by atoms with Gasteiger partial charge in [-0.3, -0.25) is 14.4 Å². The molecule has 0 saturated carbocycles. The Morgan fingerprint density at radius 1 is 1.03 bits per heavy atom. The van der Waals surface area contributed by atoms with Gasteiger partial charge in [0, 0.05) is 17.3 Å². The van der Waals surface area contributed by atoms with E-state index in [4.69, 9.17) is 25.8 Å². The summed E-state index contributed by atoms with van der Waals surface area (Å²) in [6.45, 7) is 1.69. The number of amides is 3. The number of hydrazone groups is 1. The summed E-state index contributed by atoms with van der Waals surface area (Å²) in [5, 5.41) is 9.64. The van der Waals surface area contributed by atoms with Crippen LogP contribution < -0.4 is 30.3 Å². The third-order valence-electron chi connectivity index (χ3n) is 5.34. The van der Waals surface area contributed by atoms with Gasteiger partial charge in [-0.25, -0.2) is 5.43 Å². The van der Waals surface area contributed by atoms with E-state index < -0.39 is 11.8 Å². The molecule has 0 aromatic heterocycles. The first-order valence-electron chi connectivity index (χ1n) is 11.5. The molecule has 10 nitrogen and oxygen atoms in total. The Kier molecular flexibility index (Phi) is 10.7. The molecule has 12 heteroatoms. The molecular formula is C27H26BrClN4O6. The minimum Gasteiger partial charge on any atom is -0.497 e. The lowest BCUT2D eigenvalue weighted by Gasteiger charge is -2.14. The highest BCUT2D eigenvalue weighted by Crippen LogP contribution is 2.36. The summed E-state index contributed by atoms with van der Waals surface area (Å²) in [6, 6.07) is 15.5. The normalized spacial score (nSPS) is 10.6. The van der Waals surface area contributed by atoms with Crippen LogP contribution in [0.15, 0.2) is 64.2 Å². The predicted molar refractivity (Wildman–Crippen MR) is 152 cm³/mol. The minimum absolute atomic E-state index is 0.169. The lowest BCUT2D eigenvalue weighted by Crippen LogP contribution is -2.37. The Morgan fingerprint density at radius 2 is 1.77 bits per heavy atom. The van der Waals surface area contributed by atoms with Crippen molar-refractivity contribution in [1.29, 1.82) is 0 Å². The van der Waals surface area contributed by atoms with Crippen molar-refractivity contribution in [1.82, 2.24) is 10.7 Å². The van der Waals surface area contributed by atoms with E-state index in [2.05, 4.69) is 37.1 Å². The van der Waals surface area contributed by atoms with Crippen molar-refractivity contribution in [2.24, 2.45) is 5.10 Å². The van der Waals surface area contributed by atoms with E-state index in [1.165, 1.54) is 13.3 Å². The monoisotopic (exact) mass is 616 g/mol. The number of benzene rings is 3. The van der Waals surface area contributed by atoms with Crippen molar-refractivity contribution in [3.8, 4) is 17.2 Å². The van der Waals surface area contributed by atoms with Gasteiger partial charge >= 0.3 is 11.8 Å². The molecule has 0 spiro atoms. The second-order valence-corrected chi connectivity index (χ2v) is 9.27. The van der Waals surface area contributed by atoms with Gasteiger partial charge in [0.15, 0.2) is 18.1 Å². The Labute approximate surface area is 238 Å². The molecule has 39 heavy (non-hydrogen) atoms. The number of hydrogen-bond acceptors (Lipinski definition) is 7. The number of carbonyl (C=O) groups is 3. The molecule has 0 bridgehead atoms. The third-order valence-corrected chi connectivity index (χ3v) is 6.34. The first-order valence-corrected chi connectivity index (χ1v) is 12.7. The number of ether oxygens (including phenoxy) is 3. The highest BCUT2D eigenvalue weighted by molar-refractivity contribution is 9.10. The Hall–Kier alpha value is -4.09. The van der Waals surface area contributed by atoms with Crippen LogP contribution in [0.1, 0.15) is 16.7 Å². The van der Waals surface area contributed by atoms with E-state index in [1.54, 1.807) is 68.6 Å². The van der Waals surface area contributed by atoms with E-state index in [9.17, 15) is 14.4 Å². The van der Waals surface area contributed by atoms with Gasteiger partial charge in [0.1, 0.15) is 5.75 Å². The van der Waals surface area contributed by atoms with E-state index >= 15 is 0 Å². The molecule has 0 aliphatic heterocycles. The van der Waals surface area contributed by atoms with Gasteiger partial charge in [-0.1, -0.05) is 29.8 Å². The average Bonchev–Trinajstić information content (AvgIpc) is 2.93. The largest absolute Gasteiger partial charge is 0.497 e. The van der Waals surface area contributed by atoms with Gasteiger partial charge in [-0.2, -0.15) is 5.10 Å². The topological polar surface area (TPSA) is 127 Å². The van der Waals surface area contributed by atoms with Gasteiger partial charge < -0.3 is 24.8 Å². The molecule has 0 heterocycles. The van der Waals surface area contributed by atoms with Crippen LogP contribution in [0.5, 0.6) is 17.2 Å². The van der Waals surface area contributed by atoms with Crippen molar-refractivity contribution >= 4 is 57.2 Å². The molecule has 0 unspecified atom stereocenters. The summed E-state index contributed by atoms with van der Waals surface area (Å²) in [5.41, 5.74) is 4.85. The number of nitrogens with zero attached hydrogens (tertiary/aromatic N) is 1. The number of rotatable bonds is 10. The van der Waals surface area contributed by atoms with Crippen LogP contribution in [-0.2, 0) is 20.9 Å². The Balaban J connectivity index is 1.54. The molecule has 3 aromatic carbocycles.